The van der Waals surface area contributed by atoms with E-state index in [0.717, 1.165) is 5.56 Å². The third-order valence-electron chi connectivity index (χ3n) is 5.18. The quantitative estimate of drug-likeness (QED) is 0.513. The van der Waals surface area contributed by atoms with Crippen molar-refractivity contribution in [1.82, 2.24) is 14.4 Å². The number of aryl methyl sites for hydroxylation is 1. The van der Waals surface area contributed by atoms with E-state index in [0.29, 0.717) is 36.1 Å². The summed E-state index contributed by atoms with van der Waals surface area (Å²) in [6, 6.07) is 13.9. The highest BCUT2D eigenvalue weighted by Crippen LogP contribution is 2.36. The number of fused-ring (bicyclic) bond motifs is 1. The molecule has 2 aromatic carbocycles. The number of sulfonamides is 1. The molecule has 0 spiro atoms. The molecule has 4 rings (SSSR count). The minimum atomic E-state index is -3.81. The maximum atomic E-state index is 13.4. The van der Waals surface area contributed by atoms with Gasteiger partial charge < -0.3 is 9.26 Å². The van der Waals surface area contributed by atoms with Gasteiger partial charge in [-0.2, -0.15) is 9.29 Å². The van der Waals surface area contributed by atoms with Crippen LogP contribution < -0.4 is 9.64 Å². The first kappa shape index (κ1) is 22.0. The van der Waals surface area contributed by atoms with Crippen LogP contribution in [0.25, 0.3) is 0 Å². The van der Waals surface area contributed by atoms with E-state index in [4.69, 9.17) is 9.26 Å². The molecule has 1 aromatic heterocycles. The van der Waals surface area contributed by atoms with Crippen LogP contribution in [-0.2, 0) is 34.3 Å². The zero-order valence-electron chi connectivity index (χ0n) is 17.9. The predicted molar refractivity (Wildman–Crippen MR) is 117 cm³/mol. The van der Waals surface area contributed by atoms with Crippen LogP contribution in [-0.4, -0.2) is 41.9 Å². The van der Waals surface area contributed by atoms with Gasteiger partial charge in [0.2, 0.25) is 15.9 Å². The van der Waals surface area contributed by atoms with Gasteiger partial charge in [-0.3, -0.25) is 9.69 Å². The maximum Gasteiger partial charge on any atom is 0.265 e. The first-order valence-electron chi connectivity index (χ1n) is 10.3. The van der Waals surface area contributed by atoms with Gasteiger partial charge in [0.25, 0.3) is 5.91 Å². The van der Waals surface area contributed by atoms with E-state index in [-0.39, 0.29) is 30.5 Å². The van der Waals surface area contributed by atoms with Crippen molar-refractivity contribution in [2.24, 2.45) is 0 Å². The van der Waals surface area contributed by atoms with Crippen molar-refractivity contribution in [2.45, 2.75) is 38.3 Å². The zero-order chi connectivity index (χ0) is 22.7. The second-order valence-electron chi connectivity index (χ2n) is 7.27. The average molecular weight is 457 g/mol. The number of nitrogens with zero attached hydrogens (tertiary/aromatic N) is 4. The Bertz CT molecular complexity index is 1210. The number of benzene rings is 2. The van der Waals surface area contributed by atoms with Gasteiger partial charge in [0, 0.05) is 19.5 Å². The Morgan fingerprint density at radius 3 is 2.59 bits per heavy atom. The molecule has 0 bridgehead atoms. The molecule has 0 aliphatic carbocycles. The fraction of sp³-hybridized carbons (Fsp3) is 0.318. The molecule has 0 radical (unpaired) electrons. The van der Waals surface area contributed by atoms with E-state index in [2.05, 4.69) is 10.1 Å². The van der Waals surface area contributed by atoms with Crippen LogP contribution in [0, 0.1) is 0 Å². The molecule has 0 saturated carbocycles. The summed E-state index contributed by atoms with van der Waals surface area (Å²) in [6.45, 7) is 4.14. The molecule has 1 aliphatic rings. The van der Waals surface area contributed by atoms with E-state index < -0.39 is 10.0 Å². The van der Waals surface area contributed by atoms with Crippen LogP contribution in [0.5, 0.6) is 5.75 Å². The lowest BCUT2D eigenvalue weighted by Crippen LogP contribution is -2.39. The summed E-state index contributed by atoms with van der Waals surface area (Å²) in [6.07, 6.45) is 0.581. The molecule has 2 heterocycles. The van der Waals surface area contributed by atoms with Crippen LogP contribution in [0.3, 0.4) is 0 Å². The average Bonchev–Trinajstić information content (AvgIpc) is 3.27. The van der Waals surface area contributed by atoms with Crippen LogP contribution >= 0.6 is 0 Å². The minimum absolute atomic E-state index is 0.0592. The number of carbonyl (C=O) groups excluding carboxylic acids is 1. The highest BCUT2D eigenvalue weighted by atomic mass is 32.2. The van der Waals surface area contributed by atoms with Crippen LogP contribution in [0.2, 0.25) is 0 Å². The highest BCUT2D eigenvalue weighted by Gasteiger charge is 2.31. The maximum absolute atomic E-state index is 13.4. The van der Waals surface area contributed by atoms with Crippen LogP contribution in [0.15, 0.2) is 57.9 Å². The van der Waals surface area contributed by atoms with Crippen molar-refractivity contribution >= 4 is 21.6 Å². The number of hydrogen-bond acceptors (Lipinski definition) is 7. The molecule has 1 amide bonds. The summed E-state index contributed by atoms with van der Waals surface area (Å²) in [5, 5.41) is 3.90. The lowest BCUT2D eigenvalue weighted by molar-refractivity contribution is -0.121. The van der Waals surface area contributed by atoms with Gasteiger partial charge in [-0.25, -0.2) is 8.42 Å². The third kappa shape index (κ3) is 4.37. The van der Waals surface area contributed by atoms with Crippen molar-refractivity contribution in [2.75, 3.05) is 18.1 Å². The summed E-state index contributed by atoms with van der Waals surface area (Å²) in [7, 11) is -3.81. The van der Waals surface area contributed by atoms with Gasteiger partial charge >= 0.3 is 0 Å². The number of rotatable bonds is 8. The summed E-state index contributed by atoms with van der Waals surface area (Å²) < 4.78 is 38.8. The molecule has 0 atom stereocenters. The van der Waals surface area contributed by atoms with Gasteiger partial charge in [-0.1, -0.05) is 49.3 Å². The highest BCUT2D eigenvalue weighted by molar-refractivity contribution is 7.89. The van der Waals surface area contributed by atoms with Crippen molar-refractivity contribution in [3.63, 3.8) is 0 Å². The molecule has 0 saturated heterocycles. The number of amides is 1. The molecule has 0 unspecified atom stereocenters. The molecular formula is C22H24N4O5S. The summed E-state index contributed by atoms with van der Waals surface area (Å²) in [5.41, 5.74) is 1.25. The molecule has 10 heteroatoms. The molecule has 1 aliphatic heterocycles. The monoisotopic (exact) mass is 456 g/mol. The summed E-state index contributed by atoms with van der Waals surface area (Å²) in [5.74, 6) is 0.924. The van der Waals surface area contributed by atoms with Gasteiger partial charge in [0.1, 0.15) is 5.75 Å². The topological polar surface area (TPSA) is 106 Å². The SMILES string of the molecule is CCc1nc(CN2C(=O)COc3ccc(S(=O)(=O)N(CC)Cc4ccccc4)cc32)no1. The Morgan fingerprint density at radius 1 is 1.12 bits per heavy atom. The fourth-order valence-corrected chi connectivity index (χ4v) is 4.92. The first-order chi connectivity index (χ1) is 15.4. The van der Waals surface area contributed by atoms with Crippen LogP contribution in [0.1, 0.15) is 31.1 Å². The van der Waals surface area contributed by atoms with E-state index in [9.17, 15) is 13.2 Å². The Hall–Kier alpha value is -3.24. The number of aromatic nitrogens is 2. The van der Waals surface area contributed by atoms with Gasteiger partial charge in [-0.05, 0) is 23.8 Å². The van der Waals surface area contributed by atoms with E-state index in [1.807, 2.05) is 37.3 Å². The number of hydrogen-bond donors (Lipinski definition) is 0. The third-order valence-corrected chi connectivity index (χ3v) is 7.09. The van der Waals surface area contributed by atoms with Gasteiger partial charge in [0.05, 0.1) is 17.1 Å². The molecule has 0 fully saturated rings. The Balaban J connectivity index is 1.66. The fourth-order valence-electron chi connectivity index (χ4n) is 3.46. The standard InChI is InChI=1S/C22H24N4O5S/c1-3-21-23-20(24-31-21)14-26-18-12-17(10-11-19(18)30-15-22(26)27)32(28,29)25(4-2)13-16-8-6-5-7-9-16/h5-12H,3-4,13-15H2,1-2H3. The van der Waals surface area contributed by atoms with Crippen molar-refractivity contribution in [3.8, 4) is 5.75 Å². The largest absolute Gasteiger partial charge is 0.482 e. The minimum Gasteiger partial charge on any atom is -0.482 e. The Morgan fingerprint density at radius 2 is 1.91 bits per heavy atom. The molecule has 168 valence electrons. The number of carbonyl (C=O) groups is 1. The van der Waals surface area contributed by atoms with Gasteiger partial charge in [0.15, 0.2) is 12.4 Å². The Labute approximate surface area is 186 Å². The summed E-state index contributed by atoms with van der Waals surface area (Å²) >= 11 is 0. The molecule has 3 aromatic rings. The summed E-state index contributed by atoms with van der Waals surface area (Å²) in [4.78, 5) is 18.3. The van der Waals surface area contributed by atoms with Crippen molar-refractivity contribution in [1.29, 1.82) is 0 Å². The van der Waals surface area contributed by atoms with E-state index in [1.54, 1.807) is 13.0 Å². The lowest BCUT2D eigenvalue weighted by atomic mass is 10.2. The smallest absolute Gasteiger partial charge is 0.265 e. The van der Waals surface area contributed by atoms with E-state index >= 15 is 0 Å². The second-order valence-corrected chi connectivity index (χ2v) is 9.21. The lowest BCUT2D eigenvalue weighted by Gasteiger charge is -2.29. The normalized spacial score (nSPS) is 13.8. The zero-order valence-corrected chi connectivity index (χ0v) is 18.7. The number of anilines is 1. The van der Waals surface area contributed by atoms with Crippen molar-refractivity contribution in [3.05, 3.63) is 65.8 Å². The molecule has 0 N–H and O–H groups in total. The van der Waals surface area contributed by atoms with Crippen LogP contribution in [0.4, 0.5) is 5.69 Å². The first-order valence-corrected chi connectivity index (χ1v) is 11.8. The number of ether oxygens (including phenoxy) is 1. The molecular weight excluding hydrogens is 432 g/mol. The predicted octanol–water partition coefficient (Wildman–Crippen LogP) is 2.77. The molecule has 9 nitrogen and oxygen atoms in total. The Kier molecular flexibility index (Phi) is 6.24. The molecule has 32 heavy (non-hydrogen) atoms. The second kappa shape index (κ2) is 9.09. The van der Waals surface area contributed by atoms with Crippen molar-refractivity contribution < 1.29 is 22.5 Å². The van der Waals surface area contributed by atoms with Gasteiger partial charge in [-0.15, -0.1) is 0 Å². The van der Waals surface area contributed by atoms with E-state index in [1.165, 1.54) is 21.3 Å².